The van der Waals surface area contributed by atoms with E-state index in [9.17, 15) is 0 Å². The van der Waals surface area contributed by atoms with Crippen molar-refractivity contribution >= 4 is 0 Å². The molecule has 102 valence electrons. The lowest BCUT2D eigenvalue weighted by molar-refractivity contribution is 0.0263. The minimum Gasteiger partial charge on any atom is -0.378 e. The number of hydrogen-bond donors (Lipinski definition) is 1. The van der Waals surface area contributed by atoms with Crippen molar-refractivity contribution in [1.82, 2.24) is 10.2 Å². The first-order valence-corrected chi connectivity index (χ1v) is 7.34. The van der Waals surface area contributed by atoms with Crippen LogP contribution in [0.3, 0.4) is 0 Å². The molecule has 0 bridgehead atoms. The van der Waals surface area contributed by atoms with Gasteiger partial charge in [-0.1, -0.05) is 13.8 Å². The van der Waals surface area contributed by atoms with Gasteiger partial charge in [0, 0.05) is 19.2 Å². The monoisotopic (exact) mass is 242 g/mol. The summed E-state index contributed by atoms with van der Waals surface area (Å²) in [7, 11) is 0. The van der Waals surface area contributed by atoms with Gasteiger partial charge < -0.3 is 15.0 Å². The van der Waals surface area contributed by atoms with Gasteiger partial charge in [0.15, 0.2) is 0 Å². The van der Waals surface area contributed by atoms with Gasteiger partial charge in [-0.2, -0.15) is 0 Å². The SMILES string of the molecule is CCC(C)N(CC)CCCOC1CCNCC1. The summed E-state index contributed by atoms with van der Waals surface area (Å²) in [4.78, 5) is 2.55. The Morgan fingerprint density at radius 1 is 1.29 bits per heavy atom. The molecule has 3 heteroatoms. The molecule has 1 aliphatic rings. The molecule has 0 radical (unpaired) electrons. The molecule has 1 saturated heterocycles. The summed E-state index contributed by atoms with van der Waals surface area (Å²) in [5.74, 6) is 0. The molecule has 0 amide bonds. The Kier molecular flexibility index (Phi) is 7.82. The third-order valence-electron chi connectivity index (χ3n) is 3.85. The van der Waals surface area contributed by atoms with E-state index in [1.54, 1.807) is 0 Å². The molecule has 17 heavy (non-hydrogen) atoms. The molecule has 0 saturated carbocycles. The fourth-order valence-corrected chi connectivity index (χ4v) is 2.43. The lowest BCUT2D eigenvalue weighted by Gasteiger charge is -2.27. The van der Waals surface area contributed by atoms with E-state index in [1.165, 1.54) is 32.2 Å². The van der Waals surface area contributed by atoms with Crippen LogP contribution in [0.25, 0.3) is 0 Å². The molecule has 0 spiro atoms. The maximum absolute atomic E-state index is 5.92. The molecule has 0 aromatic carbocycles. The molecule has 0 aromatic rings. The number of ether oxygens (including phenoxy) is 1. The van der Waals surface area contributed by atoms with Gasteiger partial charge in [0.25, 0.3) is 0 Å². The summed E-state index contributed by atoms with van der Waals surface area (Å²) < 4.78 is 5.92. The van der Waals surface area contributed by atoms with Gasteiger partial charge in [0.05, 0.1) is 6.10 Å². The van der Waals surface area contributed by atoms with E-state index in [0.29, 0.717) is 12.1 Å². The van der Waals surface area contributed by atoms with E-state index in [-0.39, 0.29) is 0 Å². The second kappa shape index (κ2) is 8.90. The molecule has 1 fully saturated rings. The van der Waals surface area contributed by atoms with Crippen molar-refractivity contribution in [3.05, 3.63) is 0 Å². The van der Waals surface area contributed by atoms with Crippen LogP contribution in [0.5, 0.6) is 0 Å². The van der Waals surface area contributed by atoms with E-state index in [0.717, 1.165) is 26.2 Å². The summed E-state index contributed by atoms with van der Waals surface area (Å²) in [6.07, 6.45) is 5.28. The highest BCUT2D eigenvalue weighted by Crippen LogP contribution is 2.08. The average Bonchev–Trinajstić information content (AvgIpc) is 2.39. The molecule has 0 aliphatic carbocycles. The molecular weight excluding hydrogens is 212 g/mol. The highest BCUT2D eigenvalue weighted by Gasteiger charge is 2.13. The second-order valence-corrected chi connectivity index (χ2v) is 5.06. The smallest absolute Gasteiger partial charge is 0.0599 e. The Morgan fingerprint density at radius 3 is 2.59 bits per heavy atom. The van der Waals surface area contributed by atoms with Crippen molar-refractivity contribution in [2.45, 2.75) is 58.6 Å². The number of piperidine rings is 1. The maximum atomic E-state index is 5.92. The van der Waals surface area contributed by atoms with Crippen molar-refractivity contribution in [2.75, 3.05) is 32.8 Å². The van der Waals surface area contributed by atoms with Gasteiger partial charge >= 0.3 is 0 Å². The Morgan fingerprint density at radius 2 is 2.00 bits per heavy atom. The topological polar surface area (TPSA) is 24.5 Å². The van der Waals surface area contributed by atoms with Crippen molar-refractivity contribution in [2.24, 2.45) is 0 Å². The normalized spacial score (nSPS) is 19.8. The summed E-state index contributed by atoms with van der Waals surface area (Å²) in [5, 5.41) is 3.37. The molecule has 1 aliphatic heterocycles. The summed E-state index contributed by atoms with van der Waals surface area (Å²) in [6.45, 7) is 12.3. The van der Waals surface area contributed by atoms with Crippen LogP contribution in [0, 0.1) is 0 Å². The van der Waals surface area contributed by atoms with Crippen molar-refractivity contribution in [3.63, 3.8) is 0 Å². The molecule has 1 atom stereocenters. The first-order valence-electron chi connectivity index (χ1n) is 7.34. The zero-order valence-corrected chi connectivity index (χ0v) is 11.9. The van der Waals surface area contributed by atoms with Gasteiger partial charge in [-0.25, -0.2) is 0 Å². The van der Waals surface area contributed by atoms with E-state index < -0.39 is 0 Å². The quantitative estimate of drug-likeness (QED) is 0.661. The summed E-state index contributed by atoms with van der Waals surface area (Å²) in [6, 6.07) is 0.707. The predicted molar refractivity (Wildman–Crippen MR) is 73.5 cm³/mol. The predicted octanol–water partition coefficient (Wildman–Crippen LogP) is 2.27. The van der Waals surface area contributed by atoms with Crippen LogP contribution in [-0.2, 0) is 4.74 Å². The zero-order valence-electron chi connectivity index (χ0n) is 11.9. The number of nitrogens with zero attached hydrogens (tertiary/aromatic N) is 1. The van der Waals surface area contributed by atoms with Crippen molar-refractivity contribution < 1.29 is 4.74 Å². The first-order chi connectivity index (χ1) is 8.27. The Labute approximate surface area is 107 Å². The van der Waals surface area contributed by atoms with Crippen molar-refractivity contribution in [3.8, 4) is 0 Å². The second-order valence-electron chi connectivity index (χ2n) is 5.06. The molecular formula is C14H30N2O. The Bertz CT molecular complexity index is 181. The summed E-state index contributed by atoms with van der Waals surface area (Å²) in [5.41, 5.74) is 0. The number of hydrogen-bond acceptors (Lipinski definition) is 3. The van der Waals surface area contributed by atoms with Crippen LogP contribution in [0.15, 0.2) is 0 Å². The molecule has 1 N–H and O–H groups in total. The van der Waals surface area contributed by atoms with E-state index in [1.807, 2.05) is 0 Å². The van der Waals surface area contributed by atoms with E-state index >= 15 is 0 Å². The van der Waals surface area contributed by atoms with E-state index in [4.69, 9.17) is 4.74 Å². The first kappa shape index (κ1) is 14.9. The van der Waals surface area contributed by atoms with Gasteiger partial charge in [-0.05, 0) is 52.2 Å². The van der Waals surface area contributed by atoms with Gasteiger partial charge in [-0.3, -0.25) is 0 Å². The number of nitrogens with one attached hydrogen (secondary N) is 1. The largest absolute Gasteiger partial charge is 0.378 e. The average molecular weight is 242 g/mol. The molecule has 1 unspecified atom stereocenters. The van der Waals surface area contributed by atoms with Crippen LogP contribution < -0.4 is 5.32 Å². The highest BCUT2D eigenvalue weighted by atomic mass is 16.5. The third-order valence-corrected chi connectivity index (χ3v) is 3.85. The van der Waals surface area contributed by atoms with E-state index in [2.05, 4.69) is 31.0 Å². The van der Waals surface area contributed by atoms with Gasteiger partial charge in [-0.15, -0.1) is 0 Å². The van der Waals surface area contributed by atoms with Gasteiger partial charge in [0.2, 0.25) is 0 Å². The maximum Gasteiger partial charge on any atom is 0.0599 e. The van der Waals surface area contributed by atoms with Crippen LogP contribution in [0.1, 0.15) is 46.5 Å². The Balaban J connectivity index is 2.05. The van der Waals surface area contributed by atoms with Crippen LogP contribution >= 0.6 is 0 Å². The standard InChI is InChI=1S/C14H30N2O/c1-4-13(3)16(5-2)11-6-12-17-14-7-9-15-10-8-14/h13-15H,4-12H2,1-3H3. The molecule has 0 aromatic heterocycles. The molecule has 3 nitrogen and oxygen atoms in total. The fraction of sp³-hybridized carbons (Fsp3) is 1.00. The third kappa shape index (κ3) is 5.84. The zero-order chi connectivity index (χ0) is 12.5. The van der Waals surface area contributed by atoms with Crippen molar-refractivity contribution in [1.29, 1.82) is 0 Å². The summed E-state index contributed by atoms with van der Waals surface area (Å²) >= 11 is 0. The fourth-order valence-electron chi connectivity index (χ4n) is 2.43. The molecule has 1 heterocycles. The molecule has 1 rings (SSSR count). The lowest BCUT2D eigenvalue weighted by Crippen LogP contribution is -2.35. The highest BCUT2D eigenvalue weighted by molar-refractivity contribution is 4.68. The minimum absolute atomic E-state index is 0.509. The van der Waals surface area contributed by atoms with Gasteiger partial charge in [0.1, 0.15) is 0 Å². The Hall–Kier alpha value is -0.120. The lowest BCUT2D eigenvalue weighted by atomic mass is 10.1. The van der Waals surface area contributed by atoms with Crippen LogP contribution in [-0.4, -0.2) is 49.8 Å². The van der Waals surface area contributed by atoms with Crippen LogP contribution in [0.2, 0.25) is 0 Å². The number of rotatable bonds is 8. The van der Waals surface area contributed by atoms with Crippen LogP contribution in [0.4, 0.5) is 0 Å². The minimum atomic E-state index is 0.509.